The monoisotopic (exact) mass is 270 g/mol. The van der Waals surface area contributed by atoms with E-state index < -0.39 is 5.97 Å². The molecule has 0 aliphatic rings. The first-order chi connectivity index (χ1) is 9.44. The fourth-order valence-corrected chi connectivity index (χ4v) is 2.18. The number of hydrogen-bond donors (Lipinski definition) is 2. The van der Waals surface area contributed by atoms with Gasteiger partial charge in [-0.3, -0.25) is 0 Å². The summed E-state index contributed by atoms with van der Waals surface area (Å²) < 4.78 is 5.28. The average molecular weight is 270 g/mol. The van der Waals surface area contributed by atoms with Gasteiger partial charge in [-0.2, -0.15) is 0 Å². The highest BCUT2D eigenvalue weighted by molar-refractivity contribution is 5.91. The molecule has 2 aromatic carbocycles. The topological polar surface area (TPSA) is 78.3 Å². The van der Waals surface area contributed by atoms with Crippen LogP contribution in [0.15, 0.2) is 36.4 Å². The first-order valence-corrected chi connectivity index (χ1v) is 6.34. The van der Waals surface area contributed by atoms with Crippen molar-refractivity contribution in [2.75, 3.05) is 11.5 Å². The van der Waals surface area contributed by atoms with Crippen LogP contribution in [-0.4, -0.2) is 5.97 Å². The highest BCUT2D eigenvalue weighted by atomic mass is 16.5. The molecule has 0 aliphatic heterocycles. The molecule has 4 N–H and O–H groups in total. The highest BCUT2D eigenvalue weighted by Crippen LogP contribution is 2.16. The highest BCUT2D eigenvalue weighted by Gasteiger charge is 2.09. The Balaban J connectivity index is 2.08. The fourth-order valence-electron chi connectivity index (χ4n) is 2.18. The summed E-state index contributed by atoms with van der Waals surface area (Å²) in [5.41, 5.74) is 15.8. The maximum absolute atomic E-state index is 12.0. The van der Waals surface area contributed by atoms with E-state index in [1.807, 2.05) is 26.0 Å². The molecule has 0 amide bonds. The van der Waals surface area contributed by atoms with Crippen LogP contribution in [0.2, 0.25) is 0 Å². The van der Waals surface area contributed by atoms with Crippen LogP contribution in [-0.2, 0) is 11.3 Å². The van der Waals surface area contributed by atoms with E-state index in [2.05, 4.69) is 6.07 Å². The molecule has 0 bridgehead atoms. The molecule has 4 nitrogen and oxygen atoms in total. The summed E-state index contributed by atoms with van der Waals surface area (Å²) in [6.45, 7) is 4.25. The van der Waals surface area contributed by atoms with Crippen molar-refractivity contribution in [1.82, 2.24) is 0 Å². The number of esters is 1. The maximum Gasteiger partial charge on any atom is 0.338 e. The van der Waals surface area contributed by atoms with Crippen LogP contribution in [0.1, 0.15) is 27.0 Å². The Bertz CT molecular complexity index is 610. The first kappa shape index (κ1) is 13.9. The smallest absolute Gasteiger partial charge is 0.338 e. The summed E-state index contributed by atoms with van der Waals surface area (Å²) in [4.78, 5) is 12.0. The van der Waals surface area contributed by atoms with E-state index >= 15 is 0 Å². The molecule has 0 heterocycles. The Morgan fingerprint density at radius 2 is 1.50 bits per heavy atom. The maximum atomic E-state index is 12.0. The molecule has 0 unspecified atom stereocenters. The fraction of sp³-hybridized carbons (Fsp3) is 0.188. The van der Waals surface area contributed by atoms with Gasteiger partial charge in [0.25, 0.3) is 0 Å². The molecular weight excluding hydrogens is 252 g/mol. The zero-order valence-electron chi connectivity index (χ0n) is 11.6. The molecule has 0 spiro atoms. The van der Waals surface area contributed by atoms with Crippen LogP contribution >= 0.6 is 0 Å². The lowest BCUT2D eigenvalue weighted by atomic mass is 10.1. The van der Waals surface area contributed by atoms with Crippen LogP contribution in [0.25, 0.3) is 0 Å². The number of nitrogens with two attached hydrogens (primary N) is 2. The van der Waals surface area contributed by atoms with Crippen molar-refractivity contribution >= 4 is 17.3 Å². The van der Waals surface area contributed by atoms with Gasteiger partial charge in [0, 0.05) is 11.4 Å². The molecule has 0 fully saturated rings. The van der Waals surface area contributed by atoms with Gasteiger partial charge in [-0.15, -0.1) is 0 Å². The van der Waals surface area contributed by atoms with Gasteiger partial charge in [-0.1, -0.05) is 29.3 Å². The summed E-state index contributed by atoms with van der Waals surface area (Å²) in [6.07, 6.45) is 0. The minimum absolute atomic E-state index is 0.232. The van der Waals surface area contributed by atoms with Crippen molar-refractivity contribution in [3.05, 3.63) is 58.7 Å². The standard InChI is InChI=1S/C16H18N2O2/c1-10-3-11(2)5-12(4-10)9-20-16(19)13-6-14(17)8-15(18)7-13/h3-8H,9,17-18H2,1-2H3. The quantitative estimate of drug-likeness (QED) is 0.664. The molecule has 0 radical (unpaired) electrons. The van der Waals surface area contributed by atoms with Crippen molar-refractivity contribution in [2.45, 2.75) is 20.5 Å². The third-order valence-electron chi connectivity index (χ3n) is 2.86. The van der Waals surface area contributed by atoms with E-state index in [-0.39, 0.29) is 6.61 Å². The van der Waals surface area contributed by atoms with Gasteiger partial charge in [-0.25, -0.2) is 4.79 Å². The van der Waals surface area contributed by atoms with E-state index in [1.54, 1.807) is 18.2 Å². The van der Waals surface area contributed by atoms with E-state index in [0.29, 0.717) is 16.9 Å². The van der Waals surface area contributed by atoms with Crippen LogP contribution in [0.5, 0.6) is 0 Å². The van der Waals surface area contributed by atoms with Gasteiger partial charge in [0.15, 0.2) is 0 Å². The molecule has 104 valence electrons. The first-order valence-electron chi connectivity index (χ1n) is 6.34. The Hall–Kier alpha value is -2.49. The van der Waals surface area contributed by atoms with Gasteiger partial charge in [0.05, 0.1) is 5.56 Å². The second-order valence-corrected chi connectivity index (χ2v) is 4.96. The largest absolute Gasteiger partial charge is 0.457 e. The van der Waals surface area contributed by atoms with Gasteiger partial charge < -0.3 is 16.2 Å². The molecular formula is C16H18N2O2. The Morgan fingerprint density at radius 1 is 0.950 bits per heavy atom. The van der Waals surface area contributed by atoms with Crippen LogP contribution < -0.4 is 11.5 Å². The SMILES string of the molecule is Cc1cc(C)cc(COC(=O)c2cc(N)cc(N)c2)c1. The average Bonchev–Trinajstić information content (AvgIpc) is 2.33. The molecule has 4 heteroatoms. The number of ether oxygens (including phenoxy) is 1. The van der Waals surface area contributed by atoms with Gasteiger partial charge >= 0.3 is 5.97 Å². The third-order valence-corrected chi connectivity index (χ3v) is 2.86. The summed E-state index contributed by atoms with van der Waals surface area (Å²) in [5, 5.41) is 0. The zero-order valence-corrected chi connectivity index (χ0v) is 11.6. The van der Waals surface area contributed by atoms with E-state index in [4.69, 9.17) is 16.2 Å². The third kappa shape index (κ3) is 3.51. The molecule has 0 aliphatic carbocycles. The second-order valence-electron chi connectivity index (χ2n) is 4.96. The lowest BCUT2D eigenvalue weighted by Crippen LogP contribution is -2.07. The van der Waals surface area contributed by atoms with E-state index in [0.717, 1.165) is 16.7 Å². The Kier molecular flexibility index (Phi) is 3.94. The summed E-state index contributed by atoms with van der Waals surface area (Å²) in [7, 11) is 0. The molecule has 20 heavy (non-hydrogen) atoms. The van der Waals surface area contributed by atoms with Gasteiger partial charge in [0.1, 0.15) is 6.61 Å². The van der Waals surface area contributed by atoms with E-state index in [9.17, 15) is 4.79 Å². The molecule has 2 rings (SSSR count). The lowest BCUT2D eigenvalue weighted by molar-refractivity contribution is 0.0472. The van der Waals surface area contributed by atoms with Gasteiger partial charge in [0.2, 0.25) is 0 Å². The molecule has 0 saturated heterocycles. The number of hydrogen-bond acceptors (Lipinski definition) is 4. The number of carbonyl (C=O) groups is 1. The number of aryl methyl sites for hydroxylation is 2. The number of benzene rings is 2. The van der Waals surface area contributed by atoms with Crippen molar-refractivity contribution in [3.8, 4) is 0 Å². The number of nitrogen functional groups attached to an aromatic ring is 2. The van der Waals surface area contributed by atoms with Crippen LogP contribution in [0.4, 0.5) is 11.4 Å². The molecule has 0 atom stereocenters. The van der Waals surface area contributed by atoms with Crippen molar-refractivity contribution in [1.29, 1.82) is 0 Å². The summed E-state index contributed by atoms with van der Waals surface area (Å²) in [6, 6.07) is 10.8. The normalized spacial score (nSPS) is 10.3. The minimum atomic E-state index is -0.428. The Labute approximate surface area is 118 Å². The van der Waals surface area contributed by atoms with Crippen molar-refractivity contribution in [3.63, 3.8) is 0 Å². The van der Waals surface area contributed by atoms with Crippen LogP contribution in [0, 0.1) is 13.8 Å². The minimum Gasteiger partial charge on any atom is -0.457 e. The van der Waals surface area contributed by atoms with Crippen LogP contribution in [0.3, 0.4) is 0 Å². The predicted octanol–water partition coefficient (Wildman–Crippen LogP) is 2.82. The molecule has 0 aromatic heterocycles. The lowest BCUT2D eigenvalue weighted by Gasteiger charge is -2.08. The zero-order chi connectivity index (χ0) is 14.7. The van der Waals surface area contributed by atoms with Gasteiger partial charge in [-0.05, 0) is 37.6 Å². The molecule has 0 saturated carbocycles. The number of carbonyl (C=O) groups excluding carboxylic acids is 1. The van der Waals surface area contributed by atoms with Crippen molar-refractivity contribution < 1.29 is 9.53 Å². The van der Waals surface area contributed by atoms with E-state index in [1.165, 1.54) is 0 Å². The van der Waals surface area contributed by atoms with Crippen molar-refractivity contribution in [2.24, 2.45) is 0 Å². The summed E-state index contributed by atoms with van der Waals surface area (Å²) >= 11 is 0. The summed E-state index contributed by atoms with van der Waals surface area (Å²) in [5.74, 6) is -0.428. The second kappa shape index (κ2) is 5.65. The Morgan fingerprint density at radius 3 is 2.05 bits per heavy atom. The predicted molar refractivity (Wildman–Crippen MR) is 80.3 cm³/mol. The molecule has 2 aromatic rings. The number of anilines is 2. The number of rotatable bonds is 3.